The van der Waals surface area contributed by atoms with Crippen LogP contribution in [0, 0.1) is 12.8 Å². The summed E-state index contributed by atoms with van der Waals surface area (Å²) in [6, 6.07) is 7.17. The number of benzene rings is 1. The molecule has 1 N–H and O–H groups in total. The molecule has 1 amide bonds. The fraction of sp³-hybridized carbons (Fsp3) is 0.318. The third-order valence-electron chi connectivity index (χ3n) is 4.65. The molecule has 0 saturated heterocycles. The van der Waals surface area contributed by atoms with Crippen LogP contribution in [0.4, 0.5) is 5.69 Å². The van der Waals surface area contributed by atoms with Gasteiger partial charge in [0.2, 0.25) is 5.43 Å². The van der Waals surface area contributed by atoms with E-state index in [1.807, 2.05) is 44.4 Å². The lowest BCUT2D eigenvalue weighted by atomic mass is 10.1. The number of amides is 1. The summed E-state index contributed by atoms with van der Waals surface area (Å²) in [6.45, 7) is 6.65. The Morgan fingerprint density at radius 2 is 2.13 bits per heavy atom. The largest absolute Gasteiger partial charge is 0.488 e. The molecule has 4 rings (SSSR count). The molecule has 156 valence electrons. The highest BCUT2D eigenvalue weighted by molar-refractivity contribution is 7.09. The molecular weight excluding hydrogens is 402 g/mol. The lowest BCUT2D eigenvalue weighted by Crippen LogP contribution is -2.38. The van der Waals surface area contributed by atoms with Crippen molar-refractivity contribution in [2.45, 2.75) is 27.3 Å². The molecule has 0 fully saturated rings. The van der Waals surface area contributed by atoms with Crippen molar-refractivity contribution in [2.75, 3.05) is 18.1 Å². The van der Waals surface area contributed by atoms with Crippen LogP contribution in [0.25, 0.3) is 11.3 Å². The van der Waals surface area contributed by atoms with Gasteiger partial charge >= 0.3 is 0 Å². The molecule has 3 heterocycles. The molecule has 0 radical (unpaired) electrons. The van der Waals surface area contributed by atoms with E-state index in [1.54, 1.807) is 22.4 Å². The smallest absolute Gasteiger partial charge is 0.265 e. The van der Waals surface area contributed by atoms with Crippen molar-refractivity contribution in [1.82, 2.24) is 9.97 Å². The predicted molar refractivity (Wildman–Crippen MR) is 116 cm³/mol. The maximum absolute atomic E-state index is 12.6. The zero-order valence-corrected chi connectivity index (χ0v) is 17.9. The number of aromatic nitrogens is 2. The van der Waals surface area contributed by atoms with Crippen molar-refractivity contribution in [1.29, 1.82) is 0 Å². The van der Waals surface area contributed by atoms with E-state index in [0.717, 1.165) is 16.3 Å². The molecule has 3 aromatic rings. The zero-order valence-electron chi connectivity index (χ0n) is 17.1. The second-order valence-electron chi connectivity index (χ2n) is 7.59. The third kappa shape index (κ3) is 4.23. The van der Waals surface area contributed by atoms with Crippen molar-refractivity contribution < 1.29 is 14.3 Å². The topological polar surface area (TPSA) is 84.5 Å². The standard InChI is InChI=1S/C22H23N3O4S/c1-13(2)10-28-21-8-23-16(7-19(21)26)9-25-18-6-15(17-12-30-14(3)24-17)4-5-20(18)29-11-22(25)27/h4-8,12-13H,9-11H2,1-3H3,(H,23,26). The van der Waals surface area contributed by atoms with E-state index in [9.17, 15) is 9.59 Å². The van der Waals surface area contributed by atoms with Crippen LogP contribution in [0.2, 0.25) is 0 Å². The van der Waals surface area contributed by atoms with E-state index in [2.05, 4.69) is 9.97 Å². The molecule has 0 saturated carbocycles. The summed E-state index contributed by atoms with van der Waals surface area (Å²) in [7, 11) is 0. The number of aryl methyl sites for hydroxylation is 1. The molecule has 1 aromatic carbocycles. The Hall–Kier alpha value is -3.13. The molecule has 1 aliphatic heterocycles. The van der Waals surface area contributed by atoms with Gasteiger partial charge < -0.3 is 19.4 Å². The highest BCUT2D eigenvalue weighted by Gasteiger charge is 2.26. The fourth-order valence-electron chi connectivity index (χ4n) is 3.16. The molecule has 30 heavy (non-hydrogen) atoms. The number of hydrogen-bond donors (Lipinski definition) is 1. The lowest BCUT2D eigenvalue weighted by molar-refractivity contribution is -0.121. The summed E-state index contributed by atoms with van der Waals surface area (Å²) in [4.78, 5) is 34.2. The number of thiazole rings is 1. The Balaban J connectivity index is 1.61. The van der Waals surface area contributed by atoms with Crippen LogP contribution in [-0.4, -0.2) is 29.1 Å². The van der Waals surface area contributed by atoms with E-state index in [-0.39, 0.29) is 30.2 Å². The van der Waals surface area contributed by atoms with Crippen molar-refractivity contribution in [3.8, 4) is 22.8 Å². The average molecular weight is 426 g/mol. The summed E-state index contributed by atoms with van der Waals surface area (Å²) in [5.74, 6) is 1.06. The number of pyridine rings is 1. The van der Waals surface area contributed by atoms with E-state index < -0.39 is 0 Å². The van der Waals surface area contributed by atoms with Gasteiger partial charge in [0, 0.05) is 28.9 Å². The predicted octanol–water partition coefficient (Wildman–Crippen LogP) is 3.77. The number of aromatic amines is 1. The van der Waals surface area contributed by atoms with Gasteiger partial charge in [-0.25, -0.2) is 4.98 Å². The minimum Gasteiger partial charge on any atom is -0.488 e. The highest BCUT2D eigenvalue weighted by atomic mass is 32.1. The van der Waals surface area contributed by atoms with E-state index in [0.29, 0.717) is 29.7 Å². The summed E-state index contributed by atoms with van der Waals surface area (Å²) in [6.07, 6.45) is 1.56. The highest BCUT2D eigenvalue weighted by Crippen LogP contribution is 2.37. The molecule has 0 unspecified atom stereocenters. The lowest BCUT2D eigenvalue weighted by Gasteiger charge is -2.29. The Kier molecular flexibility index (Phi) is 5.59. The van der Waals surface area contributed by atoms with Gasteiger partial charge in [-0.3, -0.25) is 9.59 Å². The summed E-state index contributed by atoms with van der Waals surface area (Å²) >= 11 is 1.57. The number of hydrogen-bond acceptors (Lipinski definition) is 6. The number of nitrogens with one attached hydrogen (secondary N) is 1. The second-order valence-corrected chi connectivity index (χ2v) is 8.66. The minimum absolute atomic E-state index is 0.0397. The number of ether oxygens (including phenoxy) is 2. The number of anilines is 1. The number of nitrogens with zero attached hydrogens (tertiary/aromatic N) is 2. The first-order valence-corrected chi connectivity index (χ1v) is 10.6. The molecule has 8 heteroatoms. The maximum Gasteiger partial charge on any atom is 0.265 e. The molecule has 0 spiro atoms. The van der Waals surface area contributed by atoms with Crippen molar-refractivity contribution in [2.24, 2.45) is 5.92 Å². The summed E-state index contributed by atoms with van der Waals surface area (Å²) < 4.78 is 11.1. The van der Waals surface area contributed by atoms with Gasteiger partial charge in [-0.1, -0.05) is 13.8 Å². The average Bonchev–Trinajstić information content (AvgIpc) is 3.15. The van der Waals surface area contributed by atoms with Crippen LogP contribution in [0.1, 0.15) is 24.5 Å². The van der Waals surface area contributed by atoms with Gasteiger partial charge in [0.25, 0.3) is 5.91 Å². The first-order chi connectivity index (χ1) is 14.4. The third-order valence-corrected chi connectivity index (χ3v) is 5.43. The number of carbonyl (C=O) groups is 1. The van der Waals surface area contributed by atoms with Crippen LogP contribution in [0.3, 0.4) is 0 Å². The molecular formula is C22H23N3O4S. The van der Waals surface area contributed by atoms with Crippen LogP contribution in [0.15, 0.2) is 40.6 Å². The normalized spacial score (nSPS) is 13.3. The minimum atomic E-state index is -0.211. The zero-order chi connectivity index (χ0) is 21.3. The molecule has 7 nitrogen and oxygen atoms in total. The van der Waals surface area contributed by atoms with Crippen molar-refractivity contribution >= 4 is 22.9 Å². The van der Waals surface area contributed by atoms with Gasteiger partial charge in [-0.2, -0.15) is 0 Å². The maximum atomic E-state index is 12.6. The monoisotopic (exact) mass is 425 g/mol. The molecule has 0 bridgehead atoms. The SMILES string of the molecule is Cc1nc(-c2ccc3c(c2)N(Cc2cc(=O)c(OCC(C)C)c[nH]2)C(=O)CO3)cs1. The quantitative estimate of drug-likeness (QED) is 0.650. The Labute approximate surface area is 178 Å². The molecule has 2 aromatic heterocycles. The van der Waals surface area contributed by atoms with Crippen LogP contribution >= 0.6 is 11.3 Å². The summed E-state index contributed by atoms with van der Waals surface area (Å²) in [5, 5.41) is 2.96. The first kappa shape index (κ1) is 20.2. The van der Waals surface area contributed by atoms with Gasteiger partial charge in [-0.15, -0.1) is 11.3 Å². The molecule has 0 aliphatic carbocycles. The fourth-order valence-corrected chi connectivity index (χ4v) is 3.78. The Bertz CT molecular complexity index is 1140. The Morgan fingerprint density at radius 1 is 1.30 bits per heavy atom. The van der Waals surface area contributed by atoms with E-state index in [4.69, 9.17) is 9.47 Å². The van der Waals surface area contributed by atoms with Crippen LogP contribution in [0.5, 0.6) is 11.5 Å². The molecule has 0 atom stereocenters. The van der Waals surface area contributed by atoms with E-state index >= 15 is 0 Å². The number of rotatable bonds is 6. The number of H-pyrrole nitrogens is 1. The number of carbonyl (C=O) groups excluding carboxylic acids is 1. The van der Waals surface area contributed by atoms with Gasteiger partial charge in [0.05, 0.1) is 29.5 Å². The van der Waals surface area contributed by atoms with Gasteiger partial charge in [-0.05, 0) is 31.0 Å². The van der Waals surface area contributed by atoms with Gasteiger partial charge in [0.15, 0.2) is 12.4 Å². The van der Waals surface area contributed by atoms with E-state index in [1.165, 1.54) is 6.07 Å². The van der Waals surface area contributed by atoms with Crippen LogP contribution < -0.4 is 19.8 Å². The van der Waals surface area contributed by atoms with Crippen molar-refractivity contribution in [3.05, 3.63) is 56.8 Å². The van der Waals surface area contributed by atoms with Crippen molar-refractivity contribution in [3.63, 3.8) is 0 Å². The molecule has 1 aliphatic rings. The van der Waals surface area contributed by atoms with Crippen LogP contribution in [-0.2, 0) is 11.3 Å². The van der Waals surface area contributed by atoms with Gasteiger partial charge in [0.1, 0.15) is 5.75 Å². The second kappa shape index (κ2) is 8.31. The number of fused-ring (bicyclic) bond motifs is 1. The first-order valence-electron chi connectivity index (χ1n) is 9.75. The summed E-state index contributed by atoms with van der Waals surface area (Å²) in [5.41, 5.74) is 2.84. The Morgan fingerprint density at radius 3 is 2.83 bits per heavy atom.